The number of hydrogen-bond donors (Lipinski definition) is 1. The Morgan fingerprint density at radius 3 is 2.39 bits per heavy atom. The van der Waals surface area contributed by atoms with Crippen LogP contribution >= 0.6 is 0 Å². The highest BCUT2D eigenvalue weighted by atomic mass is 16.5. The normalized spacial score (nSPS) is 15.1. The lowest BCUT2D eigenvalue weighted by Crippen LogP contribution is -2.40. The molecule has 2 aromatic heterocycles. The van der Waals surface area contributed by atoms with Crippen molar-refractivity contribution in [3.63, 3.8) is 0 Å². The fourth-order valence-electron chi connectivity index (χ4n) is 4.86. The average Bonchev–Trinajstić information content (AvgIpc) is 3.56. The van der Waals surface area contributed by atoms with E-state index in [-0.39, 0.29) is 17.2 Å². The van der Waals surface area contributed by atoms with Crippen molar-refractivity contribution >= 4 is 5.91 Å². The van der Waals surface area contributed by atoms with Gasteiger partial charge in [-0.2, -0.15) is 4.98 Å². The highest BCUT2D eigenvalue weighted by molar-refractivity contribution is 5.78. The fourth-order valence-corrected chi connectivity index (χ4v) is 4.86. The summed E-state index contributed by atoms with van der Waals surface area (Å²) in [5.41, 5.74) is 4.48. The maximum absolute atomic E-state index is 12.8. The van der Waals surface area contributed by atoms with Crippen LogP contribution in [0.4, 0.5) is 0 Å². The molecule has 1 N–H and O–H groups in total. The van der Waals surface area contributed by atoms with Gasteiger partial charge in [0.15, 0.2) is 0 Å². The highest BCUT2D eigenvalue weighted by Crippen LogP contribution is 2.25. The van der Waals surface area contributed by atoms with Crippen molar-refractivity contribution in [3.05, 3.63) is 83.8 Å². The van der Waals surface area contributed by atoms with Gasteiger partial charge in [0.25, 0.3) is 0 Å². The van der Waals surface area contributed by atoms with E-state index in [2.05, 4.69) is 82.5 Å². The van der Waals surface area contributed by atoms with E-state index in [9.17, 15) is 4.79 Å². The third-order valence-corrected chi connectivity index (χ3v) is 7.30. The quantitative estimate of drug-likeness (QED) is 0.373. The number of nitrogens with zero attached hydrogens (tertiary/aromatic N) is 5. The molecule has 38 heavy (non-hydrogen) atoms. The zero-order valence-corrected chi connectivity index (χ0v) is 22.6. The molecule has 0 radical (unpaired) electrons. The van der Waals surface area contributed by atoms with Gasteiger partial charge < -0.3 is 14.4 Å². The van der Waals surface area contributed by atoms with E-state index < -0.39 is 0 Å². The summed E-state index contributed by atoms with van der Waals surface area (Å²) in [6, 6.07) is 16.6. The molecule has 1 aliphatic heterocycles. The number of likely N-dealkylation sites (tertiary alicyclic amines) is 1. The minimum Gasteiger partial charge on any atom is -0.352 e. The van der Waals surface area contributed by atoms with Gasteiger partial charge in [-0.3, -0.25) is 9.69 Å². The van der Waals surface area contributed by atoms with Gasteiger partial charge >= 0.3 is 0 Å². The molecule has 1 fully saturated rings. The number of piperidine rings is 1. The van der Waals surface area contributed by atoms with Crippen LogP contribution in [0.1, 0.15) is 56.5 Å². The Morgan fingerprint density at radius 1 is 1.05 bits per heavy atom. The Bertz CT molecular complexity index is 1360. The van der Waals surface area contributed by atoms with Gasteiger partial charge in [0, 0.05) is 36.1 Å². The van der Waals surface area contributed by atoms with Crippen LogP contribution in [0.3, 0.4) is 0 Å². The molecular formula is C30H36N6O2. The fraction of sp³-hybridized carbons (Fsp3) is 0.400. The number of nitrogens with one attached hydrogen (secondary N) is 1. The first-order valence-corrected chi connectivity index (χ1v) is 13.3. The van der Waals surface area contributed by atoms with E-state index in [0.717, 1.165) is 48.6 Å². The van der Waals surface area contributed by atoms with Gasteiger partial charge in [-0.15, -0.1) is 0 Å². The van der Waals surface area contributed by atoms with Crippen LogP contribution in [0.2, 0.25) is 0 Å². The standard InChI is InChI=1S/C30H36N6O2/c1-21-31-15-18-36(21)26-11-5-22(6-12-26)19-32-29(37)24-13-16-35(17-14-24)20-27-33-28(34-38-27)23-7-9-25(10-8-23)30(2,3)4/h5-12,15,18,24H,13-14,16-17,19-20H2,1-4H3,(H,32,37). The molecule has 4 aromatic rings. The van der Waals surface area contributed by atoms with Crippen LogP contribution in [-0.2, 0) is 23.3 Å². The predicted octanol–water partition coefficient (Wildman–Crippen LogP) is 5.06. The van der Waals surface area contributed by atoms with Crippen molar-refractivity contribution in [2.75, 3.05) is 13.1 Å². The van der Waals surface area contributed by atoms with E-state index in [1.54, 1.807) is 6.20 Å². The predicted molar refractivity (Wildman–Crippen MR) is 147 cm³/mol. The molecule has 0 atom stereocenters. The SMILES string of the molecule is Cc1nccn1-c1ccc(CNC(=O)C2CCN(Cc3nc(-c4ccc(C(C)(C)C)cc4)no3)CC2)cc1. The third-order valence-electron chi connectivity index (χ3n) is 7.30. The Hall–Kier alpha value is -3.78. The molecule has 0 unspecified atom stereocenters. The number of benzene rings is 2. The Labute approximate surface area is 224 Å². The van der Waals surface area contributed by atoms with E-state index in [0.29, 0.717) is 24.8 Å². The smallest absolute Gasteiger partial charge is 0.241 e. The summed E-state index contributed by atoms with van der Waals surface area (Å²) in [5, 5.41) is 7.30. The first kappa shape index (κ1) is 25.9. The minimum atomic E-state index is 0.0266. The lowest BCUT2D eigenvalue weighted by molar-refractivity contribution is -0.126. The van der Waals surface area contributed by atoms with Crippen LogP contribution in [0.5, 0.6) is 0 Å². The van der Waals surface area contributed by atoms with Crippen molar-refractivity contribution in [2.45, 2.75) is 59.0 Å². The van der Waals surface area contributed by atoms with Gasteiger partial charge in [0.05, 0.1) is 6.54 Å². The molecule has 3 heterocycles. The molecule has 0 spiro atoms. The minimum absolute atomic E-state index is 0.0266. The number of rotatable bonds is 7. The molecule has 198 valence electrons. The van der Waals surface area contributed by atoms with Crippen LogP contribution in [-0.4, -0.2) is 43.6 Å². The molecule has 8 heteroatoms. The van der Waals surface area contributed by atoms with E-state index in [1.807, 2.05) is 29.8 Å². The van der Waals surface area contributed by atoms with Crippen molar-refractivity contribution in [1.29, 1.82) is 0 Å². The molecule has 1 aliphatic rings. The Morgan fingerprint density at radius 2 is 1.76 bits per heavy atom. The number of aryl methyl sites for hydroxylation is 1. The zero-order valence-electron chi connectivity index (χ0n) is 22.6. The number of aromatic nitrogens is 4. The number of carbonyl (C=O) groups excluding carboxylic acids is 1. The number of carbonyl (C=O) groups is 1. The van der Waals surface area contributed by atoms with Crippen LogP contribution in [0, 0.1) is 12.8 Å². The first-order chi connectivity index (χ1) is 18.3. The van der Waals surface area contributed by atoms with E-state index >= 15 is 0 Å². The van der Waals surface area contributed by atoms with E-state index in [4.69, 9.17) is 4.52 Å². The van der Waals surface area contributed by atoms with Crippen molar-refractivity contribution < 1.29 is 9.32 Å². The van der Waals surface area contributed by atoms with Gasteiger partial charge in [-0.25, -0.2) is 4.98 Å². The maximum atomic E-state index is 12.8. The monoisotopic (exact) mass is 512 g/mol. The molecule has 5 rings (SSSR count). The van der Waals surface area contributed by atoms with Crippen molar-refractivity contribution in [3.8, 4) is 17.1 Å². The number of amides is 1. The average molecular weight is 513 g/mol. The second-order valence-electron chi connectivity index (χ2n) is 11.1. The molecule has 0 bridgehead atoms. The lowest BCUT2D eigenvalue weighted by Gasteiger charge is -2.30. The summed E-state index contributed by atoms with van der Waals surface area (Å²) < 4.78 is 7.57. The van der Waals surface area contributed by atoms with Gasteiger partial charge in [-0.05, 0) is 61.5 Å². The summed E-state index contributed by atoms with van der Waals surface area (Å²) in [7, 11) is 0. The zero-order chi connectivity index (χ0) is 26.7. The summed E-state index contributed by atoms with van der Waals surface area (Å²) in [6.07, 6.45) is 5.38. The molecule has 8 nitrogen and oxygen atoms in total. The van der Waals surface area contributed by atoms with Crippen LogP contribution in [0.25, 0.3) is 17.1 Å². The van der Waals surface area contributed by atoms with Gasteiger partial charge in [-0.1, -0.05) is 62.3 Å². The molecule has 0 aliphatic carbocycles. The molecule has 1 saturated heterocycles. The van der Waals surface area contributed by atoms with E-state index in [1.165, 1.54) is 5.56 Å². The Balaban J connectivity index is 1.08. The summed E-state index contributed by atoms with van der Waals surface area (Å²) in [4.78, 5) is 24.0. The van der Waals surface area contributed by atoms with Crippen molar-refractivity contribution in [2.24, 2.45) is 5.92 Å². The lowest BCUT2D eigenvalue weighted by atomic mass is 9.87. The van der Waals surface area contributed by atoms with Gasteiger partial charge in [0.1, 0.15) is 5.82 Å². The maximum Gasteiger partial charge on any atom is 0.241 e. The van der Waals surface area contributed by atoms with Gasteiger partial charge in [0.2, 0.25) is 17.6 Å². The summed E-state index contributed by atoms with van der Waals surface area (Å²) >= 11 is 0. The number of hydrogen-bond acceptors (Lipinski definition) is 6. The summed E-state index contributed by atoms with van der Waals surface area (Å²) in [6.45, 7) is 11.4. The summed E-state index contributed by atoms with van der Waals surface area (Å²) in [5.74, 6) is 2.32. The molecule has 0 saturated carbocycles. The van der Waals surface area contributed by atoms with Crippen LogP contribution < -0.4 is 5.32 Å². The molecule has 1 amide bonds. The molecular weight excluding hydrogens is 476 g/mol. The topological polar surface area (TPSA) is 89.1 Å². The third kappa shape index (κ3) is 6.02. The second-order valence-corrected chi connectivity index (χ2v) is 11.1. The largest absolute Gasteiger partial charge is 0.352 e. The highest BCUT2D eigenvalue weighted by Gasteiger charge is 2.26. The Kier molecular flexibility index (Phi) is 7.42. The van der Waals surface area contributed by atoms with Crippen LogP contribution in [0.15, 0.2) is 65.4 Å². The number of imidazole rings is 1. The van der Waals surface area contributed by atoms with Crippen molar-refractivity contribution in [1.82, 2.24) is 29.9 Å². The molecule has 2 aromatic carbocycles. The first-order valence-electron chi connectivity index (χ1n) is 13.3. The second kappa shape index (κ2) is 10.9.